The van der Waals surface area contributed by atoms with Crippen molar-refractivity contribution >= 4 is 23.2 Å². The van der Waals surface area contributed by atoms with Gasteiger partial charge in [-0.3, -0.25) is 0 Å². The Morgan fingerprint density at radius 2 is 1.76 bits per heavy atom. The van der Waals surface area contributed by atoms with E-state index in [1.165, 1.54) is 30.4 Å². The Hall–Kier alpha value is -1.02. The second-order valence-corrected chi connectivity index (χ2v) is 6.53. The maximum atomic E-state index is 6.33. The molecular weight excluding hydrogens is 301 g/mol. The molecule has 0 amide bonds. The van der Waals surface area contributed by atoms with Crippen LogP contribution >= 0.6 is 23.2 Å². The van der Waals surface area contributed by atoms with Crippen molar-refractivity contribution in [3.05, 3.63) is 69.2 Å². The van der Waals surface area contributed by atoms with Crippen molar-refractivity contribution in [1.82, 2.24) is 5.32 Å². The molecule has 1 atom stereocenters. The first-order valence-electron chi connectivity index (χ1n) is 7.41. The molecule has 3 heteroatoms. The van der Waals surface area contributed by atoms with E-state index in [4.69, 9.17) is 23.2 Å². The van der Waals surface area contributed by atoms with Crippen LogP contribution in [0.25, 0.3) is 0 Å². The summed E-state index contributed by atoms with van der Waals surface area (Å²) in [7, 11) is 1.95. The summed E-state index contributed by atoms with van der Waals surface area (Å²) >= 11 is 12.4. The van der Waals surface area contributed by atoms with E-state index in [9.17, 15) is 0 Å². The van der Waals surface area contributed by atoms with E-state index in [2.05, 4.69) is 29.6 Å². The minimum Gasteiger partial charge on any atom is -0.309 e. The number of nitrogens with one attached hydrogen (secondary N) is 1. The molecule has 1 saturated carbocycles. The number of benzene rings is 2. The zero-order valence-corrected chi connectivity index (χ0v) is 13.6. The topological polar surface area (TPSA) is 12.0 Å². The molecule has 0 bridgehead atoms. The Labute approximate surface area is 136 Å². The Bertz CT molecular complexity index is 618. The fraction of sp³-hybridized carbons (Fsp3) is 0.333. The second kappa shape index (κ2) is 6.39. The van der Waals surface area contributed by atoms with Crippen LogP contribution in [0.1, 0.15) is 47.9 Å². The Kier molecular flexibility index (Phi) is 4.54. The van der Waals surface area contributed by atoms with Crippen molar-refractivity contribution in [3.63, 3.8) is 0 Å². The maximum absolute atomic E-state index is 6.33. The van der Waals surface area contributed by atoms with Crippen molar-refractivity contribution in [3.8, 4) is 0 Å². The third-order valence-corrected chi connectivity index (χ3v) is 4.98. The van der Waals surface area contributed by atoms with E-state index in [0.717, 1.165) is 16.5 Å². The normalized spacial score (nSPS) is 16.5. The molecule has 110 valence electrons. The lowest BCUT2D eigenvalue weighted by Crippen LogP contribution is -2.18. The molecule has 2 aromatic rings. The van der Waals surface area contributed by atoms with Crippen LogP contribution in [-0.2, 0) is 0 Å². The van der Waals surface area contributed by atoms with Gasteiger partial charge in [0.2, 0.25) is 0 Å². The van der Waals surface area contributed by atoms with Gasteiger partial charge in [0.05, 0.1) is 6.04 Å². The summed E-state index contributed by atoms with van der Waals surface area (Å²) in [5.41, 5.74) is 3.69. The average Bonchev–Trinajstić information content (AvgIpc) is 2.43. The lowest BCUT2D eigenvalue weighted by atomic mass is 9.79. The molecule has 0 saturated heterocycles. The molecule has 1 unspecified atom stereocenters. The molecule has 2 aromatic carbocycles. The maximum Gasteiger partial charge on any atom is 0.0589 e. The van der Waals surface area contributed by atoms with E-state index in [-0.39, 0.29) is 6.04 Å². The largest absolute Gasteiger partial charge is 0.309 e. The summed E-state index contributed by atoms with van der Waals surface area (Å²) in [6.07, 6.45) is 4.02. The fourth-order valence-electron chi connectivity index (χ4n) is 2.94. The highest BCUT2D eigenvalue weighted by Crippen LogP contribution is 2.37. The SMILES string of the molecule is CNC(c1ccc(C2CCC2)cc1)c1cc(Cl)ccc1Cl. The van der Waals surface area contributed by atoms with Crippen LogP contribution < -0.4 is 5.32 Å². The summed E-state index contributed by atoms with van der Waals surface area (Å²) in [5, 5.41) is 4.78. The Morgan fingerprint density at radius 1 is 1.05 bits per heavy atom. The van der Waals surface area contributed by atoms with Crippen LogP contribution in [0.3, 0.4) is 0 Å². The molecule has 1 N–H and O–H groups in total. The van der Waals surface area contributed by atoms with Gasteiger partial charge in [-0.25, -0.2) is 0 Å². The van der Waals surface area contributed by atoms with Gasteiger partial charge in [-0.05, 0) is 60.7 Å². The molecule has 0 aliphatic heterocycles. The van der Waals surface area contributed by atoms with Crippen molar-refractivity contribution in [2.24, 2.45) is 0 Å². The minimum atomic E-state index is 0.0617. The highest BCUT2D eigenvalue weighted by molar-refractivity contribution is 6.33. The molecule has 0 spiro atoms. The minimum absolute atomic E-state index is 0.0617. The molecule has 1 aliphatic carbocycles. The summed E-state index contributed by atoms with van der Waals surface area (Å²) in [6.45, 7) is 0. The third-order valence-electron chi connectivity index (χ3n) is 4.40. The van der Waals surface area contributed by atoms with E-state index >= 15 is 0 Å². The molecule has 21 heavy (non-hydrogen) atoms. The zero-order valence-electron chi connectivity index (χ0n) is 12.1. The lowest BCUT2D eigenvalue weighted by Gasteiger charge is -2.26. The van der Waals surface area contributed by atoms with Crippen molar-refractivity contribution in [2.75, 3.05) is 7.05 Å². The fourth-order valence-corrected chi connectivity index (χ4v) is 3.35. The molecule has 1 nitrogen and oxygen atoms in total. The van der Waals surface area contributed by atoms with Gasteiger partial charge in [-0.2, -0.15) is 0 Å². The molecule has 3 rings (SSSR count). The number of hydrogen-bond donors (Lipinski definition) is 1. The molecular formula is C18H19Cl2N. The van der Waals surface area contributed by atoms with Gasteiger partial charge in [-0.15, -0.1) is 0 Å². The predicted molar refractivity (Wildman–Crippen MR) is 90.4 cm³/mol. The summed E-state index contributed by atoms with van der Waals surface area (Å²) < 4.78 is 0. The molecule has 0 radical (unpaired) electrons. The van der Waals surface area contributed by atoms with Crippen molar-refractivity contribution in [1.29, 1.82) is 0 Å². The summed E-state index contributed by atoms with van der Waals surface area (Å²) in [5.74, 6) is 0.766. The predicted octanol–water partition coefficient (Wildman–Crippen LogP) is 5.57. The van der Waals surface area contributed by atoms with E-state index in [1.807, 2.05) is 25.2 Å². The van der Waals surface area contributed by atoms with E-state index in [0.29, 0.717) is 5.02 Å². The number of rotatable bonds is 4. The molecule has 1 aliphatic rings. The Balaban J connectivity index is 1.90. The van der Waals surface area contributed by atoms with Crippen LogP contribution in [0.2, 0.25) is 10.0 Å². The number of hydrogen-bond acceptors (Lipinski definition) is 1. The van der Waals surface area contributed by atoms with Crippen molar-refractivity contribution < 1.29 is 0 Å². The standard InChI is InChI=1S/C18H19Cl2N/c1-21-18(16-11-15(19)9-10-17(16)20)14-7-5-13(6-8-14)12-3-2-4-12/h5-12,18,21H,2-4H2,1H3. The highest BCUT2D eigenvalue weighted by Gasteiger charge is 2.20. The summed E-state index contributed by atoms with van der Waals surface area (Å²) in [6, 6.07) is 14.6. The van der Waals surface area contributed by atoms with Gasteiger partial charge in [0, 0.05) is 10.0 Å². The van der Waals surface area contributed by atoms with Crippen LogP contribution in [-0.4, -0.2) is 7.05 Å². The lowest BCUT2D eigenvalue weighted by molar-refractivity contribution is 0.419. The first-order valence-corrected chi connectivity index (χ1v) is 8.16. The van der Waals surface area contributed by atoms with Gasteiger partial charge < -0.3 is 5.32 Å². The molecule has 0 aromatic heterocycles. The zero-order chi connectivity index (χ0) is 14.8. The van der Waals surface area contributed by atoms with E-state index < -0.39 is 0 Å². The van der Waals surface area contributed by atoms with Crippen LogP contribution in [0.4, 0.5) is 0 Å². The van der Waals surface area contributed by atoms with Crippen LogP contribution in [0, 0.1) is 0 Å². The number of halogens is 2. The quantitative estimate of drug-likeness (QED) is 0.776. The average molecular weight is 320 g/mol. The van der Waals surface area contributed by atoms with Gasteiger partial charge in [-0.1, -0.05) is 53.9 Å². The Morgan fingerprint density at radius 3 is 2.33 bits per heavy atom. The molecule has 1 fully saturated rings. The van der Waals surface area contributed by atoms with E-state index in [1.54, 1.807) is 0 Å². The highest BCUT2D eigenvalue weighted by atomic mass is 35.5. The van der Waals surface area contributed by atoms with Crippen LogP contribution in [0.5, 0.6) is 0 Å². The summed E-state index contributed by atoms with van der Waals surface area (Å²) in [4.78, 5) is 0. The van der Waals surface area contributed by atoms with Gasteiger partial charge >= 0.3 is 0 Å². The van der Waals surface area contributed by atoms with Gasteiger partial charge in [0.1, 0.15) is 0 Å². The monoisotopic (exact) mass is 319 g/mol. The smallest absolute Gasteiger partial charge is 0.0589 e. The van der Waals surface area contributed by atoms with Crippen molar-refractivity contribution in [2.45, 2.75) is 31.2 Å². The van der Waals surface area contributed by atoms with Gasteiger partial charge in [0.15, 0.2) is 0 Å². The van der Waals surface area contributed by atoms with Crippen LogP contribution in [0.15, 0.2) is 42.5 Å². The van der Waals surface area contributed by atoms with Gasteiger partial charge in [0.25, 0.3) is 0 Å². The molecule has 0 heterocycles. The first-order chi connectivity index (χ1) is 10.2. The second-order valence-electron chi connectivity index (χ2n) is 5.68. The third kappa shape index (κ3) is 3.11. The first kappa shape index (κ1) is 14.9.